The van der Waals surface area contributed by atoms with Crippen LogP contribution < -0.4 is 0 Å². The van der Waals surface area contributed by atoms with Crippen LogP contribution in [0.5, 0.6) is 0 Å². The second-order valence-electron chi connectivity index (χ2n) is 6.18. The number of rotatable bonds is 4. The standard InChI is InChI=1S/C18H20N4O3/c1-14-12-16(2-3-17(14)22(24)25)18(23)21-10-8-20(9-11-21)13-15-4-6-19-7-5-15/h2-7,12H,8-11,13H2,1H3. The largest absolute Gasteiger partial charge is 0.336 e. The summed E-state index contributed by atoms with van der Waals surface area (Å²) < 4.78 is 0. The van der Waals surface area contributed by atoms with Crippen LogP contribution in [0, 0.1) is 17.0 Å². The highest BCUT2D eigenvalue weighted by molar-refractivity contribution is 5.94. The van der Waals surface area contributed by atoms with Gasteiger partial charge in [-0.15, -0.1) is 0 Å². The number of carbonyl (C=O) groups excluding carboxylic acids is 1. The van der Waals surface area contributed by atoms with Gasteiger partial charge >= 0.3 is 0 Å². The normalized spacial score (nSPS) is 15.2. The maximum Gasteiger partial charge on any atom is 0.272 e. The van der Waals surface area contributed by atoms with Crippen molar-refractivity contribution >= 4 is 11.6 Å². The summed E-state index contributed by atoms with van der Waals surface area (Å²) >= 11 is 0. The van der Waals surface area contributed by atoms with E-state index in [1.165, 1.54) is 17.7 Å². The number of pyridine rings is 1. The van der Waals surface area contributed by atoms with E-state index in [4.69, 9.17) is 0 Å². The molecular formula is C18H20N4O3. The number of nitrogens with zero attached hydrogens (tertiary/aromatic N) is 4. The Bertz CT molecular complexity index is 771. The summed E-state index contributed by atoms with van der Waals surface area (Å²) in [6.07, 6.45) is 3.57. The van der Waals surface area contributed by atoms with Gasteiger partial charge in [0.2, 0.25) is 0 Å². The number of hydrogen-bond donors (Lipinski definition) is 0. The molecule has 25 heavy (non-hydrogen) atoms. The molecule has 0 radical (unpaired) electrons. The molecule has 3 rings (SSSR count). The molecule has 1 aromatic heterocycles. The Hall–Kier alpha value is -2.80. The Morgan fingerprint density at radius 1 is 1.16 bits per heavy atom. The third-order valence-electron chi connectivity index (χ3n) is 4.46. The van der Waals surface area contributed by atoms with Gasteiger partial charge in [0.1, 0.15) is 0 Å². The van der Waals surface area contributed by atoms with Crippen LogP contribution in [0.4, 0.5) is 5.69 Å². The van der Waals surface area contributed by atoms with E-state index in [1.54, 1.807) is 25.4 Å². The summed E-state index contributed by atoms with van der Waals surface area (Å²) in [5.74, 6) is -0.0680. The molecule has 0 N–H and O–H groups in total. The fourth-order valence-corrected chi connectivity index (χ4v) is 3.03. The Labute approximate surface area is 146 Å². The Morgan fingerprint density at radius 2 is 1.84 bits per heavy atom. The Balaban J connectivity index is 1.60. The van der Waals surface area contributed by atoms with Gasteiger partial charge in [0, 0.05) is 62.3 Å². The van der Waals surface area contributed by atoms with Gasteiger partial charge in [0.05, 0.1) is 4.92 Å². The molecule has 1 fully saturated rings. The first kappa shape index (κ1) is 17.0. The Kier molecular flexibility index (Phi) is 5.04. The molecule has 1 amide bonds. The molecule has 2 heterocycles. The summed E-state index contributed by atoms with van der Waals surface area (Å²) in [6, 6.07) is 8.54. The Morgan fingerprint density at radius 3 is 2.44 bits per heavy atom. The number of carbonyl (C=O) groups is 1. The van der Waals surface area contributed by atoms with Crippen molar-refractivity contribution < 1.29 is 9.72 Å². The molecule has 0 saturated carbocycles. The molecule has 1 aromatic carbocycles. The number of hydrogen-bond acceptors (Lipinski definition) is 5. The van der Waals surface area contributed by atoms with Crippen molar-refractivity contribution in [2.24, 2.45) is 0 Å². The SMILES string of the molecule is Cc1cc(C(=O)N2CCN(Cc3ccncc3)CC2)ccc1[N+](=O)[O-]. The fourth-order valence-electron chi connectivity index (χ4n) is 3.03. The summed E-state index contributed by atoms with van der Waals surface area (Å²) in [7, 11) is 0. The molecule has 1 saturated heterocycles. The number of benzene rings is 1. The number of nitro benzene ring substituents is 1. The first-order chi connectivity index (χ1) is 12.0. The maximum absolute atomic E-state index is 12.6. The van der Waals surface area contributed by atoms with E-state index in [0.29, 0.717) is 24.2 Å². The van der Waals surface area contributed by atoms with Crippen molar-refractivity contribution in [3.8, 4) is 0 Å². The lowest BCUT2D eigenvalue weighted by atomic mass is 10.1. The third-order valence-corrected chi connectivity index (χ3v) is 4.46. The highest BCUT2D eigenvalue weighted by atomic mass is 16.6. The van der Waals surface area contributed by atoms with Gasteiger partial charge in [-0.25, -0.2) is 0 Å². The summed E-state index contributed by atoms with van der Waals surface area (Å²) in [5.41, 5.74) is 2.26. The minimum Gasteiger partial charge on any atom is -0.336 e. The fraction of sp³-hybridized carbons (Fsp3) is 0.333. The van der Waals surface area contributed by atoms with Gasteiger partial charge in [-0.2, -0.15) is 0 Å². The van der Waals surface area contributed by atoms with Crippen LogP contribution in [0.2, 0.25) is 0 Å². The average molecular weight is 340 g/mol. The van der Waals surface area contributed by atoms with Gasteiger partial charge in [-0.1, -0.05) is 0 Å². The van der Waals surface area contributed by atoms with Crippen LogP contribution in [0.15, 0.2) is 42.7 Å². The lowest BCUT2D eigenvalue weighted by Crippen LogP contribution is -2.48. The van der Waals surface area contributed by atoms with Gasteiger partial charge < -0.3 is 4.90 Å². The second kappa shape index (κ2) is 7.40. The van der Waals surface area contributed by atoms with E-state index in [2.05, 4.69) is 9.88 Å². The maximum atomic E-state index is 12.6. The van der Waals surface area contributed by atoms with E-state index >= 15 is 0 Å². The quantitative estimate of drug-likeness (QED) is 0.630. The molecule has 0 aliphatic carbocycles. The van der Waals surface area contributed by atoms with Crippen LogP contribution in [-0.4, -0.2) is 51.8 Å². The van der Waals surface area contributed by atoms with Crippen LogP contribution in [0.1, 0.15) is 21.5 Å². The average Bonchev–Trinajstić information content (AvgIpc) is 2.62. The number of amides is 1. The first-order valence-corrected chi connectivity index (χ1v) is 8.20. The zero-order valence-electron chi connectivity index (χ0n) is 14.1. The molecule has 1 aliphatic rings. The smallest absolute Gasteiger partial charge is 0.272 e. The molecule has 0 unspecified atom stereocenters. The highest BCUT2D eigenvalue weighted by Gasteiger charge is 2.23. The van der Waals surface area contributed by atoms with Crippen molar-refractivity contribution in [3.63, 3.8) is 0 Å². The first-order valence-electron chi connectivity index (χ1n) is 8.20. The molecule has 0 spiro atoms. The van der Waals surface area contributed by atoms with Crippen molar-refractivity contribution in [1.29, 1.82) is 0 Å². The minimum absolute atomic E-state index is 0.0405. The lowest BCUT2D eigenvalue weighted by molar-refractivity contribution is -0.385. The lowest BCUT2D eigenvalue weighted by Gasteiger charge is -2.34. The second-order valence-corrected chi connectivity index (χ2v) is 6.18. The van der Waals surface area contributed by atoms with Crippen molar-refractivity contribution in [3.05, 3.63) is 69.5 Å². The molecular weight excluding hydrogens is 320 g/mol. The number of piperazine rings is 1. The third kappa shape index (κ3) is 4.00. The van der Waals surface area contributed by atoms with Gasteiger partial charge in [0.15, 0.2) is 0 Å². The monoisotopic (exact) mass is 340 g/mol. The molecule has 7 nitrogen and oxygen atoms in total. The van der Waals surface area contributed by atoms with E-state index in [0.717, 1.165) is 19.6 Å². The predicted octanol–water partition coefficient (Wildman–Crippen LogP) is 2.26. The molecule has 0 atom stereocenters. The number of nitro groups is 1. The zero-order chi connectivity index (χ0) is 17.8. The topological polar surface area (TPSA) is 79.6 Å². The van der Waals surface area contributed by atoms with Crippen molar-refractivity contribution in [2.45, 2.75) is 13.5 Å². The molecule has 7 heteroatoms. The zero-order valence-corrected chi connectivity index (χ0v) is 14.1. The van der Waals surface area contributed by atoms with E-state index in [1.807, 2.05) is 17.0 Å². The van der Waals surface area contributed by atoms with Gasteiger partial charge in [-0.05, 0) is 36.8 Å². The summed E-state index contributed by atoms with van der Waals surface area (Å²) in [5, 5.41) is 10.9. The highest BCUT2D eigenvalue weighted by Crippen LogP contribution is 2.20. The van der Waals surface area contributed by atoms with Crippen LogP contribution in [-0.2, 0) is 6.54 Å². The van der Waals surface area contributed by atoms with Crippen LogP contribution in [0.3, 0.4) is 0 Å². The van der Waals surface area contributed by atoms with E-state index in [9.17, 15) is 14.9 Å². The van der Waals surface area contributed by atoms with E-state index < -0.39 is 4.92 Å². The van der Waals surface area contributed by atoms with Crippen LogP contribution >= 0.6 is 0 Å². The summed E-state index contributed by atoms with van der Waals surface area (Å²) in [6.45, 7) is 5.42. The van der Waals surface area contributed by atoms with Crippen molar-refractivity contribution in [2.75, 3.05) is 26.2 Å². The molecule has 130 valence electrons. The van der Waals surface area contributed by atoms with Gasteiger partial charge in [0.25, 0.3) is 11.6 Å². The number of aryl methyl sites for hydroxylation is 1. The van der Waals surface area contributed by atoms with Gasteiger partial charge in [-0.3, -0.25) is 24.8 Å². The molecule has 1 aliphatic heterocycles. The number of aromatic nitrogens is 1. The van der Waals surface area contributed by atoms with Crippen molar-refractivity contribution in [1.82, 2.24) is 14.8 Å². The minimum atomic E-state index is -0.429. The van der Waals surface area contributed by atoms with Crippen LogP contribution in [0.25, 0.3) is 0 Å². The summed E-state index contributed by atoms with van der Waals surface area (Å²) in [4.78, 5) is 31.2. The molecule has 0 bridgehead atoms. The molecule has 2 aromatic rings. The predicted molar refractivity (Wildman–Crippen MR) is 93.3 cm³/mol. The van der Waals surface area contributed by atoms with E-state index in [-0.39, 0.29) is 11.6 Å².